The quantitative estimate of drug-likeness (QED) is 0.551. The van der Waals surface area contributed by atoms with Gasteiger partial charge in [-0.1, -0.05) is 13.8 Å². The largest absolute Gasteiger partial charge is 0.466 e. The molecule has 0 amide bonds. The maximum absolute atomic E-state index is 13.1. The van der Waals surface area contributed by atoms with Crippen molar-refractivity contribution in [1.82, 2.24) is 0 Å². The number of ether oxygens (including phenoxy) is 1. The van der Waals surface area contributed by atoms with Crippen LogP contribution in [0.1, 0.15) is 26.7 Å². The molecule has 0 bridgehead atoms. The number of carbonyl (C=O) groups is 1. The maximum Gasteiger partial charge on any atom is 0.459 e. The van der Waals surface area contributed by atoms with Crippen molar-refractivity contribution in [3.63, 3.8) is 0 Å². The van der Waals surface area contributed by atoms with E-state index in [0.717, 1.165) is 0 Å². The van der Waals surface area contributed by atoms with Gasteiger partial charge >= 0.3 is 24.0 Å². The lowest BCUT2D eigenvalue weighted by Gasteiger charge is -2.31. The van der Waals surface area contributed by atoms with E-state index in [-0.39, 0.29) is 6.61 Å². The van der Waals surface area contributed by atoms with Crippen LogP contribution in [0, 0.1) is 5.92 Å². The zero-order valence-electron chi connectivity index (χ0n) is 10.2. The predicted molar refractivity (Wildman–Crippen MR) is 51.0 cm³/mol. The van der Waals surface area contributed by atoms with Gasteiger partial charge in [-0.25, -0.2) is 0 Å². The summed E-state index contributed by atoms with van der Waals surface area (Å²) in [5.41, 5.74) is 0. The second kappa shape index (κ2) is 5.96. The molecule has 0 saturated carbocycles. The Labute approximate surface area is 104 Å². The first kappa shape index (κ1) is 18.0. The van der Waals surface area contributed by atoms with Crippen molar-refractivity contribution in [1.29, 1.82) is 0 Å². The van der Waals surface area contributed by atoms with Crippen molar-refractivity contribution in [3.8, 4) is 0 Å². The van der Waals surface area contributed by atoms with Gasteiger partial charge in [-0.15, -0.1) is 0 Å². The molecule has 1 unspecified atom stereocenters. The van der Waals surface area contributed by atoms with Gasteiger partial charge in [0.05, 0.1) is 13.0 Å². The van der Waals surface area contributed by atoms with Crippen molar-refractivity contribution >= 4 is 5.97 Å². The highest BCUT2D eigenvalue weighted by Crippen LogP contribution is 2.50. The number of alkyl halides is 7. The first-order valence-corrected chi connectivity index (χ1v) is 5.35. The SMILES string of the molecule is CCCOC(=O)CC(C)C(F)(F)C(F)(F)C(F)(F)F. The summed E-state index contributed by atoms with van der Waals surface area (Å²) in [5, 5.41) is 0. The third-order valence-electron chi connectivity index (χ3n) is 2.33. The van der Waals surface area contributed by atoms with Crippen LogP contribution in [0.3, 0.4) is 0 Å². The summed E-state index contributed by atoms with van der Waals surface area (Å²) < 4.78 is 91.5. The number of hydrogen-bond acceptors (Lipinski definition) is 2. The average molecular weight is 298 g/mol. The molecule has 0 aliphatic rings. The van der Waals surface area contributed by atoms with Crippen LogP contribution >= 0.6 is 0 Å². The van der Waals surface area contributed by atoms with E-state index in [0.29, 0.717) is 13.3 Å². The second-order valence-electron chi connectivity index (χ2n) is 4.02. The summed E-state index contributed by atoms with van der Waals surface area (Å²) in [4.78, 5) is 11.0. The summed E-state index contributed by atoms with van der Waals surface area (Å²) in [6.45, 7) is 1.92. The second-order valence-corrected chi connectivity index (χ2v) is 4.02. The Hall–Kier alpha value is -1.02. The molecule has 0 aliphatic carbocycles. The zero-order chi connectivity index (χ0) is 15.5. The third-order valence-corrected chi connectivity index (χ3v) is 2.33. The van der Waals surface area contributed by atoms with Crippen LogP contribution < -0.4 is 0 Å². The van der Waals surface area contributed by atoms with Crippen LogP contribution in [0.4, 0.5) is 30.7 Å². The van der Waals surface area contributed by atoms with E-state index in [1.165, 1.54) is 0 Å². The highest BCUT2D eigenvalue weighted by molar-refractivity contribution is 5.69. The first-order chi connectivity index (χ1) is 8.38. The van der Waals surface area contributed by atoms with Gasteiger partial charge < -0.3 is 4.74 Å². The lowest BCUT2D eigenvalue weighted by atomic mass is 9.94. The Kier molecular flexibility index (Phi) is 5.64. The van der Waals surface area contributed by atoms with Crippen LogP contribution in [0.5, 0.6) is 0 Å². The van der Waals surface area contributed by atoms with Gasteiger partial charge in [-0.3, -0.25) is 4.79 Å². The van der Waals surface area contributed by atoms with E-state index in [1.54, 1.807) is 6.92 Å². The molecule has 0 fully saturated rings. The minimum atomic E-state index is -6.39. The number of esters is 1. The minimum absolute atomic E-state index is 0.118. The van der Waals surface area contributed by atoms with Gasteiger partial charge in [0.15, 0.2) is 0 Å². The zero-order valence-corrected chi connectivity index (χ0v) is 10.2. The third kappa shape index (κ3) is 3.97. The summed E-state index contributed by atoms with van der Waals surface area (Å²) in [5.74, 6) is -15.3. The molecule has 0 heterocycles. The Morgan fingerprint density at radius 1 is 1.11 bits per heavy atom. The summed E-state index contributed by atoms with van der Waals surface area (Å²) >= 11 is 0. The molecule has 0 radical (unpaired) electrons. The van der Waals surface area contributed by atoms with Crippen LogP contribution in [0.15, 0.2) is 0 Å². The highest BCUT2D eigenvalue weighted by Gasteiger charge is 2.74. The molecule has 0 saturated heterocycles. The highest BCUT2D eigenvalue weighted by atomic mass is 19.4. The Bertz CT molecular complexity index is 311. The smallest absolute Gasteiger partial charge is 0.459 e. The monoisotopic (exact) mass is 298 g/mol. The Morgan fingerprint density at radius 3 is 1.95 bits per heavy atom. The predicted octanol–water partition coefficient (Wildman–Crippen LogP) is 3.80. The van der Waals surface area contributed by atoms with E-state index in [9.17, 15) is 35.5 Å². The molecule has 0 aliphatic heterocycles. The summed E-state index contributed by atoms with van der Waals surface area (Å²) in [6, 6.07) is 0. The normalized spacial score (nSPS) is 15.2. The molecule has 0 N–H and O–H groups in total. The minimum Gasteiger partial charge on any atom is -0.466 e. The molecular formula is C10H13F7O2. The molecular weight excluding hydrogens is 285 g/mol. The van der Waals surface area contributed by atoms with E-state index in [2.05, 4.69) is 4.74 Å². The van der Waals surface area contributed by atoms with Gasteiger partial charge in [0.25, 0.3) is 0 Å². The van der Waals surface area contributed by atoms with Gasteiger partial charge in [-0.2, -0.15) is 30.7 Å². The first-order valence-electron chi connectivity index (χ1n) is 5.35. The van der Waals surface area contributed by atoms with E-state index in [4.69, 9.17) is 0 Å². The number of halogens is 7. The molecule has 1 atom stereocenters. The average Bonchev–Trinajstić information content (AvgIpc) is 2.24. The fraction of sp³-hybridized carbons (Fsp3) is 0.900. The molecule has 0 aromatic rings. The molecule has 0 aromatic heterocycles. The van der Waals surface area contributed by atoms with Gasteiger partial charge in [0.2, 0.25) is 0 Å². The van der Waals surface area contributed by atoms with E-state index >= 15 is 0 Å². The van der Waals surface area contributed by atoms with E-state index < -0.39 is 36.3 Å². The molecule has 0 spiro atoms. The van der Waals surface area contributed by atoms with E-state index in [1.807, 2.05) is 0 Å². The molecule has 114 valence electrons. The topological polar surface area (TPSA) is 26.3 Å². The van der Waals surface area contributed by atoms with Crippen molar-refractivity contribution in [2.45, 2.75) is 44.7 Å². The van der Waals surface area contributed by atoms with Gasteiger partial charge in [-0.05, 0) is 6.42 Å². The Balaban J connectivity index is 4.86. The molecule has 0 aromatic carbocycles. The number of carbonyl (C=O) groups excluding carboxylic acids is 1. The molecule has 0 rings (SSSR count). The van der Waals surface area contributed by atoms with Crippen LogP contribution in [-0.2, 0) is 9.53 Å². The molecule has 2 nitrogen and oxygen atoms in total. The van der Waals surface area contributed by atoms with Crippen molar-refractivity contribution in [2.24, 2.45) is 5.92 Å². The fourth-order valence-electron chi connectivity index (χ4n) is 1.15. The maximum atomic E-state index is 13.1. The van der Waals surface area contributed by atoms with Gasteiger partial charge in [0, 0.05) is 5.92 Å². The van der Waals surface area contributed by atoms with Crippen molar-refractivity contribution < 1.29 is 40.3 Å². The van der Waals surface area contributed by atoms with Crippen LogP contribution in [0.25, 0.3) is 0 Å². The lowest BCUT2D eigenvalue weighted by molar-refractivity contribution is -0.364. The van der Waals surface area contributed by atoms with Gasteiger partial charge in [0.1, 0.15) is 0 Å². The van der Waals surface area contributed by atoms with Crippen LogP contribution in [-0.4, -0.2) is 30.6 Å². The Morgan fingerprint density at radius 2 is 1.58 bits per heavy atom. The van der Waals surface area contributed by atoms with Crippen molar-refractivity contribution in [2.75, 3.05) is 6.61 Å². The standard InChI is InChI=1S/C10H13F7O2/c1-3-4-19-7(18)5-6(2)8(11,12)9(13,14)10(15,16)17/h6H,3-5H2,1-2H3. The number of hydrogen-bond donors (Lipinski definition) is 0. The molecule has 9 heteroatoms. The summed E-state index contributed by atoms with van der Waals surface area (Å²) in [6.07, 6.45) is -7.24. The fourth-order valence-corrected chi connectivity index (χ4v) is 1.15. The summed E-state index contributed by atoms with van der Waals surface area (Å²) in [7, 11) is 0. The van der Waals surface area contributed by atoms with Crippen LogP contribution in [0.2, 0.25) is 0 Å². The molecule has 19 heavy (non-hydrogen) atoms. The number of rotatable bonds is 6. The van der Waals surface area contributed by atoms with Crippen molar-refractivity contribution in [3.05, 3.63) is 0 Å². The lowest BCUT2D eigenvalue weighted by Crippen LogP contribution is -2.55.